The third-order valence-corrected chi connectivity index (χ3v) is 8.27. The molecular weight excluding hydrogens is 466 g/mol. The summed E-state index contributed by atoms with van der Waals surface area (Å²) in [5, 5.41) is 2.84. The van der Waals surface area contributed by atoms with Gasteiger partial charge in [-0.25, -0.2) is 21.7 Å². The molecule has 1 aliphatic heterocycles. The third-order valence-electron chi connectivity index (χ3n) is 5.09. The summed E-state index contributed by atoms with van der Waals surface area (Å²) in [6.45, 7) is 11.4. The molecule has 1 N–H and O–H groups in total. The van der Waals surface area contributed by atoms with Crippen LogP contribution in [-0.4, -0.2) is 77.1 Å². The van der Waals surface area contributed by atoms with E-state index in [1.165, 1.54) is 22.2 Å². The number of benzene rings is 1. The minimum atomic E-state index is -3.59. The Morgan fingerprint density at radius 2 is 1.84 bits per heavy atom. The van der Waals surface area contributed by atoms with Crippen LogP contribution in [0.25, 0.3) is 11.0 Å². The molecule has 11 heteroatoms. The number of carbonyl (C=O) groups is 1. The molecule has 1 aromatic carbocycles. The van der Waals surface area contributed by atoms with Crippen molar-refractivity contribution < 1.29 is 13.2 Å². The van der Waals surface area contributed by atoms with Crippen LogP contribution in [-0.2, 0) is 15.4 Å². The van der Waals surface area contributed by atoms with Gasteiger partial charge < -0.3 is 10.2 Å². The fraction of sp³-hybridized carbons (Fsp3) is 0.619. The number of nitrogens with zero attached hydrogens (tertiary/aromatic N) is 4. The Labute approximate surface area is 199 Å². The third kappa shape index (κ3) is 5.99. The number of imidazole rings is 1. The highest BCUT2D eigenvalue weighted by Crippen LogP contribution is 2.36. The first-order chi connectivity index (χ1) is 14.9. The molecule has 1 fully saturated rings. The molecule has 0 unspecified atom stereocenters. The number of hydrogen-bond donors (Lipinski definition) is 1. The van der Waals surface area contributed by atoms with E-state index in [1.54, 1.807) is 17.8 Å². The Morgan fingerprint density at radius 3 is 2.41 bits per heavy atom. The molecule has 32 heavy (non-hydrogen) atoms. The molecular formula is C21H33N5O3S3. The molecule has 2 heterocycles. The number of rotatable bonds is 6. The molecule has 0 atom stereocenters. The Morgan fingerprint density at radius 1 is 1.19 bits per heavy atom. The van der Waals surface area contributed by atoms with E-state index < -0.39 is 15.4 Å². The molecule has 1 aliphatic rings. The number of anilines is 1. The Hall–Kier alpha value is -1.27. The minimum Gasteiger partial charge on any atom is -0.315 e. The van der Waals surface area contributed by atoms with Gasteiger partial charge in [0.05, 0.1) is 23.0 Å². The molecule has 0 bridgehead atoms. The fourth-order valence-corrected chi connectivity index (χ4v) is 6.20. The Kier molecular flexibility index (Phi) is 7.86. The normalized spacial score (nSPS) is 16.6. The van der Waals surface area contributed by atoms with E-state index in [-0.39, 0.29) is 5.24 Å². The molecule has 0 radical (unpaired) electrons. The van der Waals surface area contributed by atoms with Crippen molar-refractivity contribution in [3.05, 3.63) is 18.0 Å². The summed E-state index contributed by atoms with van der Waals surface area (Å²) in [5.74, 6) is 1.37. The quantitative estimate of drug-likeness (QED) is 0.470. The number of amides is 1. The van der Waals surface area contributed by atoms with Crippen LogP contribution in [0.1, 0.15) is 39.9 Å². The first kappa shape index (κ1) is 25.4. The van der Waals surface area contributed by atoms with E-state index >= 15 is 0 Å². The van der Waals surface area contributed by atoms with Crippen LogP contribution in [0.5, 0.6) is 0 Å². The summed E-state index contributed by atoms with van der Waals surface area (Å²) in [7, 11) is -1.51. The first-order valence-corrected chi connectivity index (χ1v) is 14.3. The van der Waals surface area contributed by atoms with E-state index in [0.29, 0.717) is 22.5 Å². The maximum absolute atomic E-state index is 12.8. The van der Waals surface area contributed by atoms with Crippen molar-refractivity contribution in [2.75, 3.05) is 50.6 Å². The van der Waals surface area contributed by atoms with Crippen molar-refractivity contribution in [2.45, 2.75) is 44.4 Å². The van der Waals surface area contributed by atoms with E-state index in [1.807, 2.05) is 26.8 Å². The highest BCUT2D eigenvalue weighted by atomic mass is 32.2. The maximum Gasteiger partial charge on any atom is 0.298 e. The molecule has 178 valence electrons. The van der Waals surface area contributed by atoms with Gasteiger partial charge in [0.15, 0.2) is 0 Å². The summed E-state index contributed by atoms with van der Waals surface area (Å²) in [5.41, 5.74) is 1.26. The molecule has 1 amide bonds. The molecule has 8 nitrogen and oxygen atoms in total. The predicted molar refractivity (Wildman–Crippen MR) is 135 cm³/mol. The van der Waals surface area contributed by atoms with Gasteiger partial charge in [0.1, 0.15) is 5.82 Å². The molecule has 0 aliphatic carbocycles. The van der Waals surface area contributed by atoms with Crippen LogP contribution in [0.4, 0.5) is 10.5 Å². The first-order valence-electron chi connectivity index (χ1n) is 10.7. The van der Waals surface area contributed by atoms with Crippen molar-refractivity contribution in [1.82, 2.24) is 18.2 Å². The maximum atomic E-state index is 12.8. The van der Waals surface area contributed by atoms with Gasteiger partial charge in [-0.15, -0.1) is 11.8 Å². The van der Waals surface area contributed by atoms with Crippen LogP contribution in [0.15, 0.2) is 17.0 Å². The lowest BCUT2D eigenvalue weighted by atomic mass is 9.96. The van der Waals surface area contributed by atoms with E-state index in [0.717, 1.165) is 43.2 Å². The van der Waals surface area contributed by atoms with Crippen molar-refractivity contribution in [3.8, 4) is 0 Å². The van der Waals surface area contributed by atoms with Crippen LogP contribution >= 0.6 is 23.7 Å². The van der Waals surface area contributed by atoms with Gasteiger partial charge in [-0.05, 0) is 31.4 Å². The highest BCUT2D eigenvalue weighted by Gasteiger charge is 2.28. The predicted octanol–water partition coefficient (Wildman–Crippen LogP) is 4.07. The van der Waals surface area contributed by atoms with Crippen molar-refractivity contribution in [3.63, 3.8) is 0 Å². The smallest absolute Gasteiger partial charge is 0.298 e. The monoisotopic (exact) mass is 499 g/mol. The van der Waals surface area contributed by atoms with Gasteiger partial charge in [-0.1, -0.05) is 27.7 Å². The summed E-state index contributed by atoms with van der Waals surface area (Å²) in [4.78, 5) is 20.6. The lowest BCUT2D eigenvalue weighted by molar-refractivity contribution is 0.232. The van der Waals surface area contributed by atoms with Gasteiger partial charge in [-0.3, -0.25) is 4.79 Å². The van der Waals surface area contributed by atoms with E-state index in [9.17, 15) is 13.2 Å². The van der Waals surface area contributed by atoms with Crippen LogP contribution in [0, 0.1) is 0 Å². The second kappa shape index (κ2) is 9.92. The lowest BCUT2D eigenvalue weighted by Gasteiger charge is -2.30. The summed E-state index contributed by atoms with van der Waals surface area (Å²) in [6.07, 6.45) is 2.17. The van der Waals surface area contributed by atoms with Crippen molar-refractivity contribution in [2.24, 2.45) is 0 Å². The van der Waals surface area contributed by atoms with Gasteiger partial charge in [0.25, 0.3) is 5.24 Å². The largest absolute Gasteiger partial charge is 0.315 e. The van der Waals surface area contributed by atoms with E-state index in [4.69, 9.17) is 0 Å². The average Bonchev–Trinajstić information content (AvgIpc) is 3.07. The topological polar surface area (TPSA) is 87.5 Å². The fourth-order valence-electron chi connectivity index (χ4n) is 3.45. The number of carbonyl (C=O) groups excluding carboxylic acids is 1. The molecule has 2 aromatic rings. The summed E-state index contributed by atoms with van der Waals surface area (Å²) in [6, 6.07) is 3.64. The zero-order chi connectivity index (χ0) is 23.7. The highest BCUT2D eigenvalue weighted by molar-refractivity contribution is 8.11. The number of fused-ring (bicyclic) bond motifs is 1. The zero-order valence-corrected chi connectivity index (χ0v) is 22.1. The molecule has 3 rings (SSSR count). The van der Waals surface area contributed by atoms with Crippen LogP contribution in [0.3, 0.4) is 0 Å². The molecule has 0 saturated carbocycles. The number of likely N-dealkylation sites (N-methyl/N-ethyl adjacent to an activating group) is 1. The molecule has 1 saturated heterocycles. The second-order valence-corrected chi connectivity index (χ2v) is 13.2. The van der Waals surface area contributed by atoms with E-state index in [2.05, 4.69) is 33.5 Å². The van der Waals surface area contributed by atoms with Crippen LogP contribution < -0.4 is 5.32 Å². The van der Waals surface area contributed by atoms with Gasteiger partial charge >= 0.3 is 0 Å². The van der Waals surface area contributed by atoms with Gasteiger partial charge in [0.2, 0.25) is 10.0 Å². The van der Waals surface area contributed by atoms with Crippen molar-refractivity contribution >= 4 is 55.7 Å². The number of hydrogen-bond acceptors (Lipinski definition) is 8. The number of nitrogens with one attached hydrogen (secondary N) is 1. The molecule has 0 spiro atoms. The number of piperazine rings is 1. The summed E-state index contributed by atoms with van der Waals surface area (Å²) >= 11 is 2.82. The Balaban J connectivity index is 2.00. The second-order valence-electron chi connectivity index (χ2n) is 9.13. The zero-order valence-electron chi connectivity index (χ0n) is 19.6. The average molecular weight is 500 g/mol. The number of aromatic nitrogens is 2. The number of thioether (sulfide) groups is 1. The molecule has 1 aromatic heterocycles. The standard InChI is InChI=1S/C21H33N5O3S3/c1-7-12-30-18-14-15-17(26(32(6,28)29)19(22-15)21(2,3)4)13-16(18)23-20(27)31-25-10-8-24(5)9-11-25/h13-14H,7-12H2,1-6H3,(H,23,27). The van der Waals surface area contributed by atoms with Gasteiger partial charge in [-0.2, -0.15) is 0 Å². The van der Waals surface area contributed by atoms with Crippen molar-refractivity contribution in [1.29, 1.82) is 0 Å². The van der Waals surface area contributed by atoms with Gasteiger partial charge in [0, 0.05) is 48.4 Å². The minimum absolute atomic E-state index is 0.172. The lowest BCUT2D eigenvalue weighted by Crippen LogP contribution is -2.41. The SMILES string of the molecule is CCCSc1cc2nc(C(C)(C)C)n(S(C)(=O)=O)c2cc1NC(=O)SN1CCN(C)CC1. The Bertz CT molecular complexity index is 1080. The van der Waals surface area contributed by atoms with Crippen LogP contribution in [0.2, 0.25) is 0 Å². The summed E-state index contributed by atoms with van der Waals surface area (Å²) < 4.78 is 28.7.